The molecule has 2 aromatic rings. The third-order valence-electron chi connectivity index (χ3n) is 3.98. The van der Waals surface area contributed by atoms with Crippen LogP contribution in [0.4, 0.5) is 8.78 Å². The number of ether oxygens (including phenoxy) is 1. The van der Waals surface area contributed by atoms with Crippen LogP contribution in [0, 0.1) is 0 Å². The molecule has 5 heteroatoms. The Morgan fingerprint density at radius 1 is 1.04 bits per heavy atom. The van der Waals surface area contributed by atoms with E-state index in [1.54, 1.807) is 48.5 Å². The van der Waals surface area contributed by atoms with Gasteiger partial charge in [0.25, 0.3) is 12.0 Å². The first-order chi connectivity index (χ1) is 12.0. The molecule has 0 bridgehead atoms. The molecule has 1 amide bonds. The average Bonchev–Trinajstić information content (AvgIpc) is 2.65. The maximum absolute atomic E-state index is 13.5. The third kappa shape index (κ3) is 5.14. The van der Waals surface area contributed by atoms with Gasteiger partial charge in [-0.05, 0) is 42.7 Å². The van der Waals surface area contributed by atoms with Crippen molar-refractivity contribution < 1.29 is 18.3 Å². The van der Waals surface area contributed by atoms with Crippen LogP contribution in [0.25, 0.3) is 5.57 Å². The summed E-state index contributed by atoms with van der Waals surface area (Å²) < 4.78 is 32.0. The fraction of sp³-hybridized carbons (Fsp3) is 0.250. The van der Waals surface area contributed by atoms with Crippen LogP contribution in [0.1, 0.15) is 35.7 Å². The van der Waals surface area contributed by atoms with Gasteiger partial charge in [-0.15, -0.1) is 0 Å². The van der Waals surface area contributed by atoms with Crippen molar-refractivity contribution in [2.45, 2.75) is 25.8 Å². The minimum absolute atomic E-state index is 0.0593. The zero-order valence-corrected chi connectivity index (χ0v) is 14.3. The van der Waals surface area contributed by atoms with E-state index in [4.69, 9.17) is 4.74 Å². The molecule has 0 saturated heterocycles. The van der Waals surface area contributed by atoms with E-state index >= 15 is 0 Å². The highest BCUT2D eigenvalue weighted by Gasteiger charge is 2.18. The standard InChI is InChI=1S/C20H21F2NO2/c1-3-16(23-20(24)15-7-5-4-6-8-15)13-18(19(21)22)14-9-11-17(25-2)12-10-14/h4-12,16H,3,13H2,1-2H3,(H,23,24). The number of rotatable bonds is 7. The second kappa shape index (κ2) is 8.97. The highest BCUT2D eigenvalue weighted by Crippen LogP contribution is 2.28. The molecule has 0 aliphatic rings. The minimum Gasteiger partial charge on any atom is -0.497 e. The number of carbonyl (C=O) groups excluding carboxylic acids is 1. The lowest BCUT2D eigenvalue weighted by Gasteiger charge is -2.19. The van der Waals surface area contributed by atoms with Crippen molar-refractivity contribution in [3.63, 3.8) is 0 Å². The largest absolute Gasteiger partial charge is 0.497 e. The second-order valence-corrected chi connectivity index (χ2v) is 5.62. The highest BCUT2D eigenvalue weighted by atomic mass is 19.3. The van der Waals surface area contributed by atoms with Gasteiger partial charge in [0.05, 0.1) is 7.11 Å². The van der Waals surface area contributed by atoms with Crippen LogP contribution in [0.3, 0.4) is 0 Å². The van der Waals surface area contributed by atoms with Crippen molar-refractivity contribution in [2.75, 3.05) is 7.11 Å². The number of benzene rings is 2. The average molecular weight is 345 g/mol. The fourth-order valence-electron chi connectivity index (χ4n) is 2.50. The van der Waals surface area contributed by atoms with Gasteiger partial charge < -0.3 is 10.1 Å². The lowest BCUT2D eigenvalue weighted by molar-refractivity contribution is 0.0936. The first-order valence-corrected chi connectivity index (χ1v) is 8.09. The molecule has 1 N–H and O–H groups in total. The quantitative estimate of drug-likeness (QED) is 0.775. The lowest BCUT2D eigenvalue weighted by Crippen LogP contribution is -2.34. The van der Waals surface area contributed by atoms with Gasteiger partial charge in [0.2, 0.25) is 0 Å². The molecule has 1 unspecified atom stereocenters. The predicted molar refractivity (Wildman–Crippen MR) is 94.7 cm³/mol. The van der Waals surface area contributed by atoms with Gasteiger partial charge in [0.15, 0.2) is 0 Å². The lowest BCUT2D eigenvalue weighted by atomic mass is 9.97. The molecular formula is C20H21F2NO2. The van der Waals surface area contributed by atoms with E-state index in [0.717, 1.165) is 0 Å². The molecule has 1 atom stereocenters. The molecule has 0 aromatic heterocycles. The summed E-state index contributed by atoms with van der Waals surface area (Å²) in [7, 11) is 1.52. The van der Waals surface area contributed by atoms with Crippen molar-refractivity contribution in [3.8, 4) is 5.75 Å². The van der Waals surface area contributed by atoms with Crippen molar-refractivity contribution in [3.05, 3.63) is 71.8 Å². The number of amides is 1. The van der Waals surface area contributed by atoms with Crippen LogP contribution < -0.4 is 10.1 Å². The van der Waals surface area contributed by atoms with Crippen LogP contribution in [-0.4, -0.2) is 19.1 Å². The smallest absolute Gasteiger partial charge is 0.274 e. The molecule has 3 nitrogen and oxygen atoms in total. The SMILES string of the molecule is CCC(CC(=C(F)F)c1ccc(OC)cc1)NC(=O)c1ccccc1. The Morgan fingerprint density at radius 2 is 1.68 bits per heavy atom. The van der Waals surface area contributed by atoms with Crippen molar-refractivity contribution >= 4 is 11.5 Å². The number of methoxy groups -OCH3 is 1. The van der Waals surface area contributed by atoms with Crippen molar-refractivity contribution in [1.29, 1.82) is 0 Å². The topological polar surface area (TPSA) is 38.3 Å². The molecule has 0 radical (unpaired) electrons. The molecule has 2 aromatic carbocycles. The maximum Gasteiger partial charge on any atom is 0.274 e. The summed E-state index contributed by atoms with van der Waals surface area (Å²) in [6, 6.07) is 14.8. The first kappa shape index (κ1) is 18.6. The summed E-state index contributed by atoms with van der Waals surface area (Å²) in [5.41, 5.74) is 0.868. The Labute approximate surface area is 146 Å². The van der Waals surface area contributed by atoms with Crippen LogP contribution in [0.15, 0.2) is 60.7 Å². The third-order valence-corrected chi connectivity index (χ3v) is 3.98. The van der Waals surface area contributed by atoms with Gasteiger partial charge in [0.1, 0.15) is 5.75 Å². The molecule has 2 rings (SSSR count). The first-order valence-electron chi connectivity index (χ1n) is 8.09. The normalized spacial score (nSPS) is 11.5. The number of carbonyl (C=O) groups is 1. The molecule has 0 spiro atoms. The van der Waals surface area contributed by atoms with E-state index in [1.165, 1.54) is 7.11 Å². The van der Waals surface area contributed by atoms with Crippen LogP contribution in [-0.2, 0) is 0 Å². The second-order valence-electron chi connectivity index (χ2n) is 5.62. The molecule has 0 aliphatic carbocycles. The maximum atomic E-state index is 13.5. The van der Waals surface area contributed by atoms with Crippen molar-refractivity contribution in [2.24, 2.45) is 0 Å². The molecule has 0 saturated carbocycles. The number of halogens is 2. The van der Waals surface area contributed by atoms with E-state index < -0.39 is 6.08 Å². The van der Waals surface area contributed by atoms with Crippen LogP contribution in [0.2, 0.25) is 0 Å². The summed E-state index contributed by atoms with van der Waals surface area (Å²) in [6.45, 7) is 1.86. The van der Waals surface area contributed by atoms with Gasteiger partial charge in [-0.2, -0.15) is 8.78 Å². The van der Waals surface area contributed by atoms with Gasteiger partial charge in [-0.25, -0.2) is 0 Å². The molecule has 25 heavy (non-hydrogen) atoms. The number of nitrogens with one attached hydrogen (secondary N) is 1. The molecule has 132 valence electrons. The molecular weight excluding hydrogens is 324 g/mol. The molecule has 0 aliphatic heterocycles. The fourth-order valence-corrected chi connectivity index (χ4v) is 2.50. The predicted octanol–water partition coefficient (Wildman–Crippen LogP) is 4.90. The van der Waals surface area contributed by atoms with E-state index in [0.29, 0.717) is 23.3 Å². The van der Waals surface area contributed by atoms with Crippen molar-refractivity contribution in [1.82, 2.24) is 5.32 Å². The van der Waals surface area contributed by atoms with Gasteiger partial charge in [0, 0.05) is 17.2 Å². The summed E-state index contributed by atoms with van der Waals surface area (Å²) in [5.74, 6) is 0.340. The minimum atomic E-state index is -1.74. The van der Waals surface area contributed by atoms with Gasteiger partial charge in [-0.3, -0.25) is 4.79 Å². The Morgan fingerprint density at radius 3 is 2.20 bits per heavy atom. The van der Waals surface area contributed by atoms with Gasteiger partial charge in [-0.1, -0.05) is 37.3 Å². The van der Waals surface area contributed by atoms with E-state index in [9.17, 15) is 13.6 Å². The van der Waals surface area contributed by atoms with Gasteiger partial charge >= 0.3 is 0 Å². The Kier molecular flexibility index (Phi) is 6.69. The van der Waals surface area contributed by atoms with E-state index in [-0.39, 0.29) is 23.9 Å². The molecule has 0 fully saturated rings. The van der Waals surface area contributed by atoms with E-state index in [2.05, 4.69) is 5.32 Å². The zero-order chi connectivity index (χ0) is 18.2. The molecule has 0 heterocycles. The Balaban J connectivity index is 2.13. The van der Waals surface area contributed by atoms with Crippen LogP contribution >= 0.6 is 0 Å². The monoisotopic (exact) mass is 345 g/mol. The number of hydrogen-bond donors (Lipinski definition) is 1. The number of hydrogen-bond acceptors (Lipinski definition) is 2. The summed E-state index contributed by atoms with van der Waals surface area (Å²) >= 11 is 0. The highest BCUT2D eigenvalue weighted by molar-refractivity contribution is 5.94. The summed E-state index contributed by atoms with van der Waals surface area (Å²) in [4.78, 5) is 12.3. The Hall–Kier alpha value is -2.69. The van der Waals surface area contributed by atoms with E-state index in [1.807, 2.05) is 13.0 Å². The summed E-state index contributed by atoms with van der Waals surface area (Å²) in [6.07, 6.45) is -1.13. The zero-order valence-electron chi connectivity index (χ0n) is 14.3. The Bertz CT molecular complexity index is 723. The van der Waals surface area contributed by atoms with Crippen LogP contribution in [0.5, 0.6) is 5.75 Å². The summed E-state index contributed by atoms with van der Waals surface area (Å²) in [5, 5.41) is 2.83.